The highest BCUT2D eigenvalue weighted by Crippen LogP contribution is 2.41. The van der Waals surface area contributed by atoms with Gasteiger partial charge in [-0.25, -0.2) is 4.79 Å². The van der Waals surface area contributed by atoms with Gasteiger partial charge in [0.2, 0.25) is 0 Å². The predicted octanol–water partition coefficient (Wildman–Crippen LogP) is 6.74. The number of fused-ring (bicyclic) bond motifs is 3. The smallest absolute Gasteiger partial charge is 0.416 e. The molecule has 7 nitrogen and oxygen atoms in total. The van der Waals surface area contributed by atoms with Gasteiger partial charge >= 0.3 is 6.09 Å². The van der Waals surface area contributed by atoms with Gasteiger partial charge in [0.1, 0.15) is 29.9 Å². The summed E-state index contributed by atoms with van der Waals surface area (Å²) < 4.78 is 18.9. The maximum atomic E-state index is 13.5. The first-order valence-electron chi connectivity index (χ1n) is 13.0. The zero-order valence-electron chi connectivity index (χ0n) is 21.9. The first kappa shape index (κ1) is 25.6. The summed E-state index contributed by atoms with van der Waals surface area (Å²) in [6.45, 7) is 0.918. The minimum atomic E-state index is -0.472. The lowest BCUT2D eigenvalue weighted by Crippen LogP contribution is -2.43. The van der Waals surface area contributed by atoms with Crippen molar-refractivity contribution >= 4 is 28.6 Å². The van der Waals surface area contributed by atoms with Crippen LogP contribution in [0.4, 0.5) is 4.79 Å². The van der Waals surface area contributed by atoms with E-state index in [0.717, 1.165) is 44.8 Å². The lowest BCUT2D eigenvalue weighted by molar-refractivity contribution is 0.134. The number of rotatable bonds is 6. The van der Waals surface area contributed by atoms with Crippen LogP contribution in [0.2, 0.25) is 5.02 Å². The quantitative estimate of drug-likeness (QED) is 0.235. The Balaban J connectivity index is 1.38. The maximum absolute atomic E-state index is 13.5. The van der Waals surface area contributed by atoms with Gasteiger partial charge in [-0.3, -0.25) is 9.58 Å². The van der Waals surface area contributed by atoms with Crippen molar-refractivity contribution in [3.8, 4) is 17.2 Å². The van der Waals surface area contributed by atoms with Gasteiger partial charge < -0.3 is 20.1 Å². The highest BCUT2D eigenvalue weighted by Gasteiger charge is 2.37. The molecule has 8 heteroatoms. The number of nitrogen functional groups attached to an aromatic ring is 1. The molecule has 0 fully saturated rings. The number of nitrogens with zero attached hydrogens (tertiary/aromatic N) is 2. The number of carbonyl (C=O) groups excluding carboxylic acids is 1. The van der Waals surface area contributed by atoms with Crippen LogP contribution in [-0.4, -0.2) is 29.3 Å². The molecule has 0 radical (unpaired) electrons. The number of hydrogen-bond donors (Lipinski definition) is 1. The summed E-state index contributed by atoms with van der Waals surface area (Å²) in [6.07, 6.45) is 0.145. The Hall–Kier alpha value is -4.62. The molecule has 1 aliphatic rings. The zero-order chi connectivity index (χ0) is 27.6. The second-order valence-electron chi connectivity index (χ2n) is 9.63. The van der Waals surface area contributed by atoms with Crippen molar-refractivity contribution in [1.29, 1.82) is 0 Å². The minimum Gasteiger partial charge on any atom is -0.497 e. The minimum absolute atomic E-state index is 0.419. The number of carbonyl (C=O) groups is 1. The normalized spacial score (nSPS) is 14.6. The number of methoxy groups -OCH3 is 1. The molecule has 2 heterocycles. The van der Waals surface area contributed by atoms with Crippen LogP contribution in [0.3, 0.4) is 0 Å². The van der Waals surface area contributed by atoms with E-state index >= 15 is 0 Å². The number of nitrogens with two attached hydrogens (primary N) is 1. The van der Waals surface area contributed by atoms with Crippen LogP contribution in [0.25, 0.3) is 10.9 Å². The SMILES string of the molecule is COc1ccc(C2c3c(c4cc(OCc5ccccc5)ccc4n3N)CCN2C(=O)Oc2ccc(Cl)cc2)cc1. The average Bonchev–Trinajstić information content (AvgIpc) is 3.28. The summed E-state index contributed by atoms with van der Waals surface area (Å²) in [6, 6.07) is 29.9. The van der Waals surface area contributed by atoms with E-state index in [1.807, 2.05) is 72.8 Å². The fourth-order valence-electron chi connectivity index (χ4n) is 5.26. The van der Waals surface area contributed by atoms with Crippen molar-refractivity contribution in [2.45, 2.75) is 19.1 Å². The molecule has 1 aromatic heterocycles. The van der Waals surface area contributed by atoms with Crippen LogP contribution in [0.1, 0.15) is 28.4 Å². The first-order chi connectivity index (χ1) is 19.5. The van der Waals surface area contributed by atoms with E-state index in [1.54, 1.807) is 41.0 Å². The van der Waals surface area contributed by atoms with Gasteiger partial charge in [0.15, 0.2) is 0 Å². The maximum Gasteiger partial charge on any atom is 0.416 e. The Morgan fingerprint density at radius 2 is 1.62 bits per heavy atom. The van der Waals surface area contributed by atoms with E-state index in [-0.39, 0.29) is 0 Å². The van der Waals surface area contributed by atoms with E-state index in [0.29, 0.717) is 30.3 Å². The van der Waals surface area contributed by atoms with Gasteiger partial charge in [0.05, 0.1) is 18.3 Å². The van der Waals surface area contributed by atoms with Crippen molar-refractivity contribution in [3.63, 3.8) is 0 Å². The molecule has 1 aliphatic heterocycles. The van der Waals surface area contributed by atoms with Gasteiger partial charge in [-0.15, -0.1) is 0 Å². The molecule has 0 bridgehead atoms. The second-order valence-corrected chi connectivity index (χ2v) is 10.1. The second kappa shape index (κ2) is 10.9. The van der Waals surface area contributed by atoms with Gasteiger partial charge in [0.25, 0.3) is 0 Å². The lowest BCUT2D eigenvalue weighted by Gasteiger charge is -2.36. The fraction of sp³-hybridized carbons (Fsp3) is 0.156. The molecule has 0 spiro atoms. The van der Waals surface area contributed by atoms with Crippen molar-refractivity contribution in [2.24, 2.45) is 0 Å². The summed E-state index contributed by atoms with van der Waals surface area (Å²) in [4.78, 5) is 15.3. The topological polar surface area (TPSA) is 79.0 Å². The number of halogens is 1. The standard InChI is InChI=1S/C32H28ClN3O4/c1-38-24-11-7-22(8-12-24)30-31-27(17-18-35(30)32(37)40-25-13-9-23(33)10-14-25)28-19-26(15-16-29(28)36(31)34)39-20-21-5-3-2-4-6-21/h2-16,19,30H,17-18,20,34H2,1H3. The highest BCUT2D eigenvalue weighted by atomic mass is 35.5. The molecular formula is C32H28ClN3O4. The molecule has 40 heavy (non-hydrogen) atoms. The van der Waals surface area contributed by atoms with Gasteiger partial charge in [-0.05, 0) is 77.7 Å². The van der Waals surface area contributed by atoms with E-state index in [4.69, 9.17) is 31.7 Å². The lowest BCUT2D eigenvalue weighted by atomic mass is 9.92. The van der Waals surface area contributed by atoms with Gasteiger partial charge in [0, 0.05) is 17.0 Å². The summed E-state index contributed by atoms with van der Waals surface area (Å²) in [7, 11) is 1.62. The Labute approximate surface area is 237 Å². The van der Waals surface area contributed by atoms with E-state index in [2.05, 4.69) is 0 Å². The third-order valence-corrected chi connectivity index (χ3v) is 7.48. The van der Waals surface area contributed by atoms with Gasteiger partial charge in [-0.1, -0.05) is 54.1 Å². The molecule has 0 aliphatic carbocycles. The number of ether oxygens (including phenoxy) is 3. The molecule has 0 saturated carbocycles. The molecule has 1 atom stereocenters. The molecule has 202 valence electrons. The van der Waals surface area contributed by atoms with E-state index in [1.165, 1.54) is 0 Å². The van der Waals surface area contributed by atoms with Gasteiger partial charge in [-0.2, -0.15) is 0 Å². The number of amides is 1. The number of aromatic nitrogens is 1. The Kier molecular flexibility index (Phi) is 6.97. The molecule has 5 aromatic rings. The molecule has 6 rings (SSSR count). The third-order valence-electron chi connectivity index (χ3n) is 7.23. The highest BCUT2D eigenvalue weighted by molar-refractivity contribution is 6.30. The molecule has 0 saturated heterocycles. The van der Waals surface area contributed by atoms with Crippen LogP contribution in [-0.2, 0) is 13.0 Å². The van der Waals surface area contributed by atoms with Crippen molar-refractivity contribution in [3.05, 3.63) is 124 Å². The van der Waals surface area contributed by atoms with Crippen molar-refractivity contribution < 1.29 is 19.0 Å². The van der Waals surface area contributed by atoms with Crippen LogP contribution in [0, 0.1) is 0 Å². The molecule has 4 aromatic carbocycles. The predicted molar refractivity (Wildman–Crippen MR) is 156 cm³/mol. The number of benzene rings is 4. The first-order valence-corrected chi connectivity index (χ1v) is 13.4. The fourth-order valence-corrected chi connectivity index (χ4v) is 5.39. The van der Waals surface area contributed by atoms with Crippen LogP contribution < -0.4 is 20.1 Å². The summed E-state index contributed by atoms with van der Waals surface area (Å²) in [5.41, 5.74) is 4.77. The van der Waals surface area contributed by atoms with E-state index < -0.39 is 12.1 Å². The van der Waals surface area contributed by atoms with Crippen LogP contribution in [0.5, 0.6) is 17.2 Å². The van der Waals surface area contributed by atoms with Crippen molar-refractivity contribution in [2.75, 3.05) is 19.5 Å². The summed E-state index contributed by atoms with van der Waals surface area (Å²) in [5.74, 6) is 8.65. The molecule has 1 unspecified atom stereocenters. The molecule has 2 N–H and O–H groups in total. The summed E-state index contributed by atoms with van der Waals surface area (Å²) >= 11 is 6.01. The Morgan fingerprint density at radius 3 is 2.35 bits per heavy atom. The Bertz CT molecular complexity index is 1650. The monoisotopic (exact) mass is 553 g/mol. The average molecular weight is 554 g/mol. The molecular weight excluding hydrogens is 526 g/mol. The number of hydrogen-bond acceptors (Lipinski definition) is 5. The Morgan fingerprint density at radius 1 is 0.925 bits per heavy atom. The van der Waals surface area contributed by atoms with E-state index in [9.17, 15) is 4.79 Å². The van der Waals surface area contributed by atoms with Crippen molar-refractivity contribution in [1.82, 2.24) is 9.58 Å². The molecule has 1 amide bonds. The summed E-state index contributed by atoms with van der Waals surface area (Å²) in [5, 5.41) is 1.57. The van der Waals surface area contributed by atoms with Crippen LogP contribution in [0.15, 0.2) is 97.1 Å². The third kappa shape index (κ3) is 4.92. The zero-order valence-corrected chi connectivity index (χ0v) is 22.7. The van der Waals surface area contributed by atoms with Crippen LogP contribution >= 0.6 is 11.6 Å². The largest absolute Gasteiger partial charge is 0.497 e.